The van der Waals surface area contributed by atoms with Crippen LogP contribution in [0.15, 0.2) is 24.5 Å². The Hall–Kier alpha value is -1.22. The Morgan fingerprint density at radius 2 is 2.39 bits per heavy atom. The molecule has 1 unspecified atom stereocenters. The lowest BCUT2D eigenvalue weighted by molar-refractivity contribution is -0.118. The van der Waals surface area contributed by atoms with Gasteiger partial charge >= 0.3 is 0 Å². The van der Waals surface area contributed by atoms with E-state index < -0.39 is 0 Å². The lowest BCUT2D eigenvalue weighted by Gasteiger charge is -2.35. The van der Waals surface area contributed by atoms with Gasteiger partial charge in [-0.25, -0.2) is 0 Å². The molecule has 1 saturated heterocycles. The number of nitrogens with zero attached hydrogens (tertiary/aromatic N) is 2. The smallest absolute Gasteiger partial charge is 0.131 e. The molecule has 0 N–H and O–H groups in total. The molecule has 0 bridgehead atoms. The van der Waals surface area contributed by atoms with Crippen molar-refractivity contribution in [3.63, 3.8) is 0 Å². The first-order chi connectivity index (χ1) is 8.75. The second-order valence-corrected chi connectivity index (χ2v) is 5.20. The molecule has 1 aromatic heterocycles. The first-order valence-corrected chi connectivity index (χ1v) is 6.88. The highest BCUT2D eigenvalue weighted by atomic mass is 16.1. The molecule has 98 valence electrons. The summed E-state index contributed by atoms with van der Waals surface area (Å²) in [6.07, 6.45) is 9.19. The van der Waals surface area contributed by atoms with Crippen LogP contribution in [-0.2, 0) is 11.2 Å². The van der Waals surface area contributed by atoms with Crippen LogP contribution in [0.1, 0.15) is 38.2 Å². The van der Waals surface area contributed by atoms with Gasteiger partial charge in [-0.15, -0.1) is 0 Å². The number of Topliss-reactive ketones (excluding diaryl/α,β-unsaturated/α-hetero) is 1. The van der Waals surface area contributed by atoms with Crippen molar-refractivity contribution in [1.29, 1.82) is 0 Å². The van der Waals surface area contributed by atoms with Crippen LogP contribution in [0.4, 0.5) is 0 Å². The summed E-state index contributed by atoms with van der Waals surface area (Å²) in [6, 6.07) is 4.57. The minimum Gasteiger partial charge on any atom is -0.300 e. The van der Waals surface area contributed by atoms with Crippen molar-refractivity contribution >= 4 is 5.78 Å². The molecule has 3 heteroatoms. The Bertz CT molecular complexity index is 377. The molecule has 1 fully saturated rings. The molecule has 1 aliphatic rings. The van der Waals surface area contributed by atoms with Gasteiger partial charge in [0.05, 0.1) is 0 Å². The zero-order valence-corrected chi connectivity index (χ0v) is 11.1. The van der Waals surface area contributed by atoms with Crippen LogP contribution in [-0.4, -0.2) is 34.8 Å². The Morgan fingerprint density at radius 3 is 3.11 bits per heavy atom. The highest BCUT2D eigenvalue weighted by molar-refractivity contribution is 5.76. The summed E-state index contributed by atoms with van der Waals surface area (Å²) in [5, 5.41) is 0. The number of likely N-dealkylation sites (tertiary alicyclic amines) is 1. The van der Waals surface area contributed by atoms with E-state index in [0.29, 0.717) is 18.2 Å². The normalized spacial score (nSPS) is 20.8. The van der Waals surface area contributed by atoms with Crippen LogP contribution in [0.2, 0.25) is 0 Å². The predicted octanol–water partition coefficient (Wildman–Crippen LogP) is 2.46. The zero-order chi connectivity index (χ0) is 12.8. The van der Waals surface area contributed by atoms with Crippen molar-refractivity contribution in [1.82, 2.24) is 9.88 Å². The van der Waals surface area contributed by atoms with E-state index >= 15 is 0 Å². The molecule has 0 radical (unpaired) electrons. The Balaban J connectivity index is 1.87. The first-order valence-electron chi connectivity index (χ1n) is 6.88. The van der Waals surface area contributed by atoms with Crippen LogP contribution >= 0.6 is 0 Å². The molecular formula is C15H22N2O. The highest BCUT2D eigenvalue weighted by Gasteiger charge is 2.22. The Morgan fingerprint density at radius 1 is 1.50 bits per heavy atom. The van der Waals surface area contributed by atoms with Gasteiger partial charge in [0.25, 0.3) is 0 Å². The Labute approximate surface area is 109 Å². The van der Waals surface area contributed by atoms with Gasteiger partial charge in [-0.3, -0.25) is 14.7 Å². The second kappa shape index (κ2) is 6.64. The van der Waals surface area contributed by atoms with Gasteiger partial charge in [-0.1, -0.05) is 12.5 Å². The van der Waals surface area contributed by atoms with E-state index in [-0.39, 0.29) is 0 Å². The first kappa shape index (κ1) is 13.2. The topological polar surface area (TPSA) is 33.2 Å². The molecule has 1 aliphatic heterocycles. The van der Waals surface area contributed by atoms with Gasteiger partial charge in [0.15, 0.2) is 0 Å². The van der Waals surface area contributed by atoms with E-state index in [2.05, 4.69) is 16.0 Å². The Kier molecular flexibility index (Phi) is 4.88. The van der Waals surface area contributed by atoms with Crippen molar-refractivity contribution in [3.8, 4) is 0 Å². The minimum absolute atomic E-state index is 0.313. The third-order valence-electron chi connectivity index (χ3n) is 3.68. The zero-order valence-electron chi connectivity index (χ0n) is 11.1. The van der Waals surface area contributed by atoms with E-state index in [1.54, 1.807) is 6.92 Å². The van der Waals surface area contributed by atoms with E-state index in [1.807, 2.05) is 18.5 Å². The van der Waals surface area contributed by atoms with E-state index in [0.717, 1.165) is 19.5 Å². The number of carbonyl (C=O) groups excluding carboxylic acids is 1. The second-order valence-electron chi connectivity index (χ2n) is 5.20. The molecule has 0 spiro atoms. The summed E-state index contributed by atoms with van der Waals surface area (Å²) >= 11 is 0. The van der Waals surface area contributed by atoms with Crippen molar-refractivity contribution in [3.05, 3.63) is 30.1 Å². The molecule has 1 atom stereocenters. The number of rotatable bonds is 5. The number of piperidine rings is 1. The maximum atomic E-state index is 11.3. The summed E-state index contributed by atoms with van der Waals surface area (Å²) in [5.74, 6) is 0.313. The minimum atomic E-state index is 0.313. The summed E-state index contributed by atoms with van der Waals surface area (Å²) in [4.78, 5) is 17.9. The van der Waals surface area contributed by atoms with E-state index in [4.69, 9.17) is 0 Å². The van der Waals surface area contributed by atoms with Crippen LogP contribution in [0.25, 0.3) is 0 Å². The lowest BCUT2D eigenvalue weighted by atomic mass is 9.97. The lowest BCUT2D eigenvalue weighted by Crippen LogP contribution is -2.41. The molecule has 3 nitrogen and oxygen atoms in total. The van der Waals surface area contributed by atoms with Gasteiger partial charge in [0.2, 0.25) is 0 Å². The third kappa shape index (κ3) is 3.91. The van der Waals surface area contributed by atoms with Gasteiger partial charge < -0.3 is 0 Å². The molecular weight excluding hydrogens is 224 g/mol. The predicted molar refractivity (Wildman–Crippen MR) is 72.5 cm³/mol. The van der Waals surface area contributed by atoms with Crippen molar-refractivity contribution in [2.45, 2.75) is 45.1 Å². The summed E-state index contributed by atoms with van der Waals surface area (Å²) in [5.41, 5.74) is 1.28. The maximum absolute atomic E-state index is 11.3. The van der Waals surface area contributed by atoms with Gasteiger partial charge in [-0.05, 0) is 44.4 Å². The molecule has 0 aromatic carbocycles. The summed E-state index contributed by atoms with van der Waals surface area (Å²) in [7, 11) is 0. The monoisotopic (exact) mass is 246 g/mol. The molecule has 18 heavy (non-hydrogen) atoms. The summed E-state index contributed by atoms with van der Waals surface area (Å²) < 4.78 is 0. The molecule has 0 amide bonds. The average molecular weight is 246 g/mol. The van der Waals surface area contributed by atoms with Crippen molar-refractivity contribution < 1.29 is 4.79 Å². The van der Waals surface area contributed by atoms with Crippen molar-refractivity contribution in [2.75, 3.05) is 13.1 Å². The van der Waals surface area contributed by atoms with Gasteiger partial charge in [0.1, 0.15) is 5.78 Å². The molecule has 0 saturated carbocycles. The quantitative estimate of drug-likeness (QED) is 0.800. The van der Waals surface area contributed by atoms with Crippen LogP contribution in [0.5, 0.6) is 0 Å². The largest absolute Gasteiger partial charge is 0.300 e. The number of ketones is 1. The van der Waals surface area contributed by atoms with Crippen LogP contribution in [0, 0.1) is 0 Å². The third-order valence-corrected chi connectivity index (χ3v) is 3.68. The summed E-state index contributed by atoms with van der Waals surface area (Å²) in [6.45, 7) is 3.88. The van der Waals surface area contributed by atoms with Gasteiger partial charge in [0, 0.05) is 31.4 Å². The standard InChI is InChI=1S/C15H22N2O/c1-13(18)11-15-6-2-3-9-17(15)10-7-14-5-4-8-16-12-14/h4-5,8,12,15H,2-3,6-7,9-11H2,1H3. The highest BCUT2D eigenvalue weighted by Crippen LogP contribution is 2.20. The average Bonchev–Trinajstić information content (AvgIpc) is 2.38. The molecule has 2 heterocycles. The molecule has 0 aliphatic carbocycles. The fourth-order valence-corrected chi connectivity index (χ4v) is 2.74. The molecule has 1 aromatic rings. The fourth-order valence-electron chi connectivity index (χ4n) is 2.74. The number of pyridine rings is 1. The number of carbonyl (C=O) groups is 1. The fraction of sp³-hybridized carbons (Fsp3) is 0.600. The van der Waals surface area contributed by atoms with Crippen LogP contribution < -0.4 is 0 Å². The van der Waals surface area contributed by atoms with E-state index in [1.165, 1.54) is 24.8 Å². The number of hydrogen-bond acceptors (Lipinski definition) is 3. The van der Waals surface area contributed by atoms with Crippen LogP contribution in [0.3, 0.4) is 0 Å². The van der Waals surface area contributed by atoms with Gasteiger partial charge in [-0.2, -0.15) is 0 Å². The maximum Gasteiger partial charge on any atom is 0.131 e. The molecule has 2 rings (SSSR count). The number of hydrogen-bond donors (Lipinski definition) is 0. The van der Waals surface area contributed by atoms with Crippen molar-refractivity contribution in [2.24, 2.45) is 0 Å². The number of aromatic nitrogens is 1. The van der Waals surface area contributed by atoms with E-state index in [9.17, 15) is 4.79 Å². The SMILES string of the molecule is CC(=O)CC1CCCCN1CCc1cccnc1.